The molecule has 0 bridgehead atoms. The van der Waals surface area contributed by atoms with Gasteiger partial charge in [-0.15, -0.1) is 0 Å². The van der Waals surface area contributed by atoms with Crippen LogP contribution in [0.4, 0.5) is 0 Å². The van der Waals surface area contributed by atoms with E-state index in [2.05, 4.69) is 25.9 Å². The smallest absolute Gasteiger partial charge is 0.133 e. The summed E-state index contributed by atoms with van der Waals surface area (Å²) in [5, 5.41) is 66.1. The van der Waals surface area contributed by atoms with Crippen molar-refractivity contribution in [1.29, 1.82) is 0 Å². The van der Waals surface area contributed by atoms with Crippen LogP contribution in [0, 0.1) is 0 Å². The molecule has 10 heteroatoms. The van der Waals surface area contributed by atoms with Gasteiger partial charge in [0, 0.05) is 28.0 Å². The number of aromatic hydroxyl groups is 1. The highest BCUT2D eigenvalue weighted by molar-refractivity contribution is 9.10. The Bertz CT molecular complexity index is 576. The van der Waals surface area contributed by atoms with E-state index in [1.807, 2.05) is 0 Å². The molecule has 0 fully saturated rings. The van der Waals surface area contributed by atoms with Crippen LogP contribution in [0.3, 0.4) is 0 Å². The fourth-order valence-electron chi connectivity index (χ4n) is 1.80. The van der Waals surface area contributed by atoms with Crippen LogP contribution in [-0.2, 0) is 0 Å². The van der Waals surface area contributed by atoms with Crippen LogP contribution >= 0.6 is 15.9 Å². The summed E-state index contributed by atoms with van der Waals surface area (Å²) in [4.78, 5) is 7.92. The quantitative estimate of drug-likeness (QED) is 0.218. The minimum atomic E-state index is -1.48. The number of aliphatic imine (C=N–C) groups is 2. The van der Waals surface area contributed by atoms with Crippen molar-refractivity contribution in [2.24, 2.45) is 9.98 Å². The Hall–Kier alpha value is -1.40. The number of phenols is 1. The number of hydrogen-bond donors (Lipinski definition) is 7. The van der Waals surface area contributed by atoms with E-state index in [9.17, 15) is 35.7 Å². The molecule has 9 nitrogen and oxygen atoms in total. The monoisotopic (exact) mass is 434 g/mol. The third-order valence-corrected chi connectivity index (χ3v) is 4.31. The summed E-state index contributed by atoms with van der Waals surface area (Å²) in [6, 6.07) is 3.04. The summed E-state index contributed by atoms with van der Waals surface area (Å²) < 4.78 is 0.545. The molecule has 0 saturated heterocycles. The number of rotatable bonds is 10. The van der Waals surface area contributed by atoms with E-state index < -0.39 is 50.7 Å². The molecule has 1 aromatic carbocycles. The third kappa shape index (κ3) is 5.30. The first kappa shape index (κ1) is 22.6. The van der Waals surface area contributed by atoms with Crippen molar-refractivity contribution in [3.05, 3.63) is 27.7 Å². The number of aliphatic hydroxyl groups excluding tert-OH is 6. The van der Waals surface area contributed by atoms with Gasteiger partial charge in [0.05, 0.1) is 39.6 Å². The lowest BCUT2D eigenvalue weighted by atomic mass is 10.0. The maximum absolute atomic E-state index is 10.4. The Labute approximate surface area is 158 Å². The summed E-state index contributed by atoms with van der Waals surface area (Å²) in [5.74, 6) is -0.244. The SMILES string of the molecule is OCC(CO)(CO)N=Cc1cc(Br)cc(C=NC(CO)(CO)CO)c1O. The second-order valence-electron chi connectivity index (χ2n) is 5.85. The molecule has 0 atom stereocenters. The van der Waals surface area contributed by atoms with Crippen LogP contribution < -0.4 is 0 Å². The van der Waals surface area contributed by atoms with Crippen LogP contribution in [-0.4, -0.2) is 98.9 Å². The van der Waals surface area contributed by atoms with Gasteiger partial charge in [-0.25, -0.2) is 0 Å². The standard InChI is InChI=1S/C16H23BrN2O7/c17-13-1-11(3-18-15(5-20,6-21)7-22)14(26)12(2-13)4-19-16(8-23,9-24)10-25/h1-4,20-26H,5-10H2. The number of aliphatic hydroxyl groups is 6. The number of nitrogens with zero attached hydrogens (tertiary/aromatic N) is 2. The fourth-order valence-corrected chi connectivity index (χ4v) is 2.29. The number of benzene rings is 1. The Kier molecular flexibility index (Phi) is 8.77. The first-order valence-electron chi connectivity index (χ1n) is 7.63. The van der Waals surface area contributed by atoms with Gasteiger partial charge < -0.3 is 35.7 Å². The van der Waals surface area contributed by atoms with E-state index in [1.54, 1.807) is 0 Å². The van der Waals surface area contributed by atoms with E-state index in [1.165, 1.54) is 24.6 Å². The van der Waals surface area contributed by atoms with Crippen molar-refractivity contribution in [2.45, 2.75) is 11.1 Å². The fraction of sp³-hybridized carbons (Fsp3) is 0.500. The molecule has 0 aliphatic carbocycles. The Morgan fingerprint density at radius 3 is 1.31 bits per heavy atom. The van der Waals surface area contributed by atoms with Crippen molar-refractivity contribution < 1.29 is 35.7 Å². The first-order valence-corrected chi connectivity index (χ1v) is 8.42. The van der Waals surface area contributed by atoms with Crippen LogP contribution in [0.5, 0.6) is 5.75 Å². The molecule has 0 amide bonds. The zero-order valence-corrected chi connectivity index (χ0v) is 15.5. The van der Waals surface area contributed by atoms with Gasteiger partial charge in [0.1, 0.15) is 16.8 Å². The molecular formula is C16H23BrN2O7. The first-order chi connectivity index (χ1) is 12.3. The second-order valence-corrected chi connectivity index (χ2v) is 6.76. The molecule has 1 aromatic rings. The van der Waals surface area contributed by atoms with Gasteiger partial charge in [0.25, 0.3) is 0 Å². The molecule has 146 valence electrons. The molecule has 0 aliphatic rings. The van der Waals surface area contributed by atoms with Crippen LogP contribution in [0.15, 0.2) is 26.6 Å². The highest BCUT2D eigenvalue weighted by Crippen LogP contribution is 2.26. The van der Waals surface area contributed by atoms with Crippen molar-refractivity contribution in [1.82, 2.24) is 0 Å². The largest absolute Gasteiger partial charge is 0.507 e. The summed E-state index contributed by atoms with van der Waals surface area (Å²) in [7, 11) is 0. The van der Waals surface area contributed by atoms with E-state index in [0.717, 1.165) is 0 Å². The predicted octanol–water partition coefficient (Wildman–Crippen LogP) is -1.58. The third-order valence-electron chi connectivity index (χ3n) is 3.85. The zero-order chi connectivity index (χ0) is 19.8. The number of phenolic OH excluding ortho intramolecular Hbond substituents is 1. The van der Waals surface area contributed by atoms with E-state index >= 15 is 0 Å². The second kappa shape index (κ2) is 10.1. The zero-order valence-electron chi connectivity index (χ0n) is 14.0. The van der Waals surface area contributed by atoms with Gasteiger partial charge >= 0.3 is 0 Å². The maximum atomic E-state index is 10.4. The van der Waals surface area contributed by atoms with Crippen LogP contribution in [0.2, 0.25) is 0 Å². The normalized spacial score (nSPS) is 13.2. The predicted molar refractivity (Wildman–Crippen MR) is 99.0 cm³/mol. The summed E-state index contributed by atoms with van der Waals surface area (Å²) in [6.07, 6.45) is 2.38. The molecule has 7 N–H and O–H groups in total. The average Bonchev–Trinajstić information content (AvgIpc) is 2.67. The summed E-state index contributed by atoms with van der Waals surface area (Å²) in [6.45, 7) is -3.55. The molecule has 0 heterocycles. The molecule has 0 aliphatic heterocycles. The molecular weight excluding hydrogens is 412 g/mol. The lowest BCUT2D eigenvalue weighted by Gasteiger charge is -2.22. The van der Waals surface area contributed by atoms with Crippen molar-refractivity contribution in [3.63, 3.8) is 0 Å². The highest BCUT2D eigenvalue weighted by atomic mass is 79.9. The van der Waals surface area contributed by atoms with Crippen LogP contribution in [0.25, 0.3) is 0 Å². The van der Waals surface area contributed by atoms with Crippen molar-refractivity contribution in [3.8, 4) is 5.75 Å². The van der Waals surface area contributed by atoms with E-state index in [4.69, 9.17) is 0 Å². The van der Waals surface area contributed by atoms with Gasteiger partial charge in [0.15, 0.2) is 0 Å². The molecule has 0 spiro atoms. The van der Waals surface area contributed by atoms with E-state index in [-0.39, 0.29) is 16.9 Å². The van der Waals surface area contributed by atoms with Gasteiger partial charge in [-0.05, 0) is 12.1 Å². The minimum Gasteiger partial charge on any atom is -0.507 e. The van der Waals surface area contributed by atoms with Crippen molar-refractivity contribution >= 4 is 28.4 Å². The highest BCUT2D eigenvalue weighted by Gasteiger charge is 2.27. The molecule has 1 rings (SSSR count). The Morgan fingerprint density at radius 2 is 1.04 bits per heavy atom. The van der Waals surface area contributed by atoms with Gasteiger partial charge in [-0.3, -0.25) is 9.98 Å². The van der Waals surface area contributed by atoms with Crippen LogP contribution in [0.1, 0.15) is 11.1 Å². The molecule has 0 radical (unpaired) electrons. The van der Waals surface area contributed by atoms with Crippen molar-refractivity contribution in [2.75, 3.05) is 39.6 Å². The van der Waals surface area contributed by atoms with Gasteiger partial charge in [-0.2, -0.15) is 0 Å². The molecule has 0 saturated carbocycles. The Balaban J connectivity index is 3.28. The molecule has 26 heavy (non-hydrogen) atoms. The van der Waals surface area contributed by atoms with Gasteiger partial charge in [-0.1, -0.05) is 15.9 Å². The molecule has 0 aromatic heterocycles. The minimum absolute atomic E-state index is 0.211. The number of halogens is 1. The summed E-state index contributed by atoms with van der Waals surface area (Å²) >= 11 is 3.26. The maximum Gasteiger partial charge on any atom is 0.133 e. The lowest BCUT2D eigenvalue weighted by molar-refractivity contribution is 0.0715. The Morgan fingerprint density at radius 1 is 0.731 bits per heavy atom. The topological polar surface area (TPSA) is 166 Å². The average molecular weight is 435 g/mol. The molecule has 0 unspecified atom stereocenters. The number of hydrogen-bond acceptors (Lipinski definition) is 9. The summed E-state index contributed by atoms with van der Waals surface area (Å²) in [5.41, 5.74) is -2.54. The van der Waals surface area contributed by atoms with E-state index in [0.29, 0.717) is 4.47 Å². The lowest BCUT2D eigenvalue weighted by Crippen LogP contribution is -2.39. The van der Waals surface area contributed by atoms with Gasteiger partial charge in [0.2, 0.25) is 0 Å².